The summed E-state index contributed by atoms with van der Waals surface area (Å²) >= 11 is 1.40. The number of ether oxygens (including phenoxy) is 3. The summed E-state index contributed by atoms with van der Waals surface area (Å²) in [6.45, 7) is 0. The fourth-order valence-electron chi connectivity index (χ4n) is 3.74. The van der Waals surface area contributed by atoms with E-state index in [1.807, 2.05) is 30.3 Å². The predicted octanol–water partition coefficient (Wildman–Crippen LogP) is 3.56. The van der Waals surface area contributed by atoms with Gasteiger partial charge >= 0.3 is 0 Å². The fraction of sp³-hybridized carbons (Fsp3) is 0.261. The number of amides is 1. The summed E-state index contributed by atoms with van der Waals surface area (Å²) in [5.41, 5.74) is 1.85. The van der Waals surface area contributed by atoms with E-state index in [0.29, 0.717) is 39.3 Å². The Morgan fingerprint density at radius 1 is 1.00 bits per heavy atom. The highest BCUT2D eigenvalue weighted by Gasteiger charge is 2.33. The summed E-state index contributed by atoms with van der Waals surface area (Å²) in [7, 11) is 4.59. The van der Waals surface area contributed by atoms with Crippen LogP contribution in [-0.2, 0) is 10.5 Å². The summed E-state index contributed by atoms with van der Waals surface area (Å²) in [6, 6.07) is 13.3. The third-order valence-corrected chi connectivity index (χ3v) is 6.20. The van der Waals surface area contributed by atoms with Gasteiger partial charge < -0.3 is 24.5 Å². The Balaban J connectivity index is 1.74. The lowest BCUT2D eigenvalue weighted by Crippen LogP contribution is -2.31. The van der Waals surface area contributed by atoms with Crippen LogP contribution in [0.15, 0.2) is 52.4 Å². The van der Waals surface area contributed by atoms with Gasteiger partial charge in [0.25, 0.3) is 5.56 Å². The highest BCUT2D eigenvalue weighted by Crippen LogP contribution is 2.43. The number of nitrogens with zero attached hydrogens (tertiary/aromatic N) is 1. The first-order chi connectivity index (χ1) is 15.5. The molecule has 1 amide bonds. The van der Waals surface area contributed by atoms with Gasteiger partial charge in [0.05, 0.1) is 26.9 Å². The number of thioether (sulfide) groups is 1. The average Bonchev–Trinajstić information content (AvgIpc) is 2.81. The second-order valence-electron chi connectivity index (χ2n) is 7.16. The van der Waals surface area contributed by atoms with E-state index in [2.05, 4.69) is 15.3 Å². The molecule has 0 saturated heterocycles. The van der Waals surface area contributed by atoms with Crippen LogP contribution in [0.3, 0.4) is 0 Å². The average molecular weight is 454 g/mol. The first kappa shape index (κ1) is 21.8. The summed E-state index contributed by atoms with van der Waals surface area (Å²) in [6.07, 6.45) is 0.0834. The van der Waals surface area contributed by atoms with Crippen LogP contribution in [0.5, 0.6) is 17.2 Å². The van der Waals surface area contributed by atoms with Crippen molar-refractivity contribution in [3.63, 3.8) is 0 Å². The number of fused-ring (bicyclic) bond motifs is 1. The number of carbonyl (C=O) groups is 1. The summed E-state index contributed by atoms with van der Waals surface area (Å²) in [5.74, 6) is 1.61. The third-order valence-electron chi connectivity index (χ3n) is 5.26. The minimum Gasteiger partial charge on any atom is -0.496 e. The van der Waals surface area contributed by atoms with Gasteiger partial charge in [-0.25, -0.2) is 4.98 Å². The molecule has 0 spiro atoms. The quantitative estimate of drug-likeness (QED) is 0.416. The van der Waals surface area contributed by atoms with Gasteiger partial charge in [-0.2, -0.15) is 0 Å². The Labute approximate surface area is 189 Å². The number of hydrogen-bond donors (Lipinski definition) is 2. The Hall–Kier alpha value is -3.46. The first-order valence-electron chi connectivity index (χ1n) is 9.94. The van der Waals surface area contributed by atoms with Gasteiger partial charge in [0, 0.05) is 29.7 Å². The zero-order valence-electron chi connectivity index (χ0n) is 17.9. The maximum absolute atomic E-state index is 13.1. The number of methoxy groups -OCH3 is 3. The molecule has 166 valence electrons. The second-order valence-corrected chi connectivity index (χ2v) is 8.13. The number of benzene rings is 2. The van der Waals surface area contributed by atoms with Crippen molar-refractivity contribution in [2.45, 2.75) is 23.2 Å². The first-order valence-corrected chi connectivity index (χ1v) is 10.9. The molecule has 1 aromatic heterocycles. The monoisotopic (exact) mass is 453 g/mol. The molecule has 1 aliphatic rings. The van der Waals surface area contributed by atoms with E-state index >= 15 is 0 Å². The van der Waals surface area contributed by atoms with Crippen molar-refractivity contribution < 1.29 is 19.0 Å². The number of H-pyrrole nitrogens is 1. The lowest BCUT2D eigenvalue weighted by Gasteiger charge is -2.26. The molecule has 2 N–H and O–H groups in total. The third kappa shape index (κ3) is 4.29. The van der Waals surface area contributed by atoms with E-state index in [1.54, 1.807) is 12.1 Å². The van der Waals surface area contributed by atoms with Crippen LogP contribution >= 0.6 is 11.8 Å². The minimum absolute atomic E-state index is 0.0834. The molecule has 4 rings (SSSR count). The lowest BCUT2D eigenvalue weighted by atomic mass is 9.86. The highest BCUT2D eigenvalue weighted by atomic mass is 32.2. The van der Waals surface area contributed by atoms with Gasteiger partial charge in [0.1, 0.15) is 11.6 Å². The van der Waals surface area contributed by atoms with Gasteiger partial charge in [-0.3, -0.25) is 9.59 Å². The summed E-state index contributed by atoms with van der Waals surface area (Å²) in [5, 5.41) is 3.19. The number of aromatic amines is 1. The Morgan fingerprint density at radius 3 is 2.38 bits per heavy atom. The number of aromatic nitrogens is 2. The number of hydrogen-bond acceptors (Lipinski definition) is 7. The van der Waals surface area contributed by atoms with Crippen LogP contribution in [0.2, 0.25) is 0 Å². The van der Waals surface area contributed by atoms with Crippen LogP contribution in [0.1, 0.15) is 29.0 Å². The maximum Gasteiger partial charge on any atom is 0.257 e. The summed E-state index contributed by atoms with van der Waals surface area (Å²) < 4.78 is 16.3. The summed E-state index contributed by atoms with van der Waals surface area (Å²) in [4.78, 5) is 33.0. The molecule has 0 saturated carbocycles. The normalized spacial score (nSPS) is 15.0. The smallest absolute Gasteiger partial charge is 0.257 e. The van der Waals surface area contributed by atoms with Gasteiger partial charge in [0.2, 0.25) is 5.91 Å². The Kier molecular flexibility index (Phi) is 6.36. The van der Waals surface area contributed by atoms with E-state index in [-0.39, 0.29) is 23.7 Å². The molecule has 2 heterocycles. The zero-order chi connectivity index (χ0) is 22.7. The predicted molar refractivity (Wildman–Crippen MR) is 122 cm³/mol. The van der Waals surface area contributed by atoms with E-state index < -0.39 is 5.92 Å². The molecule has 32 heavy (non-hydrogen) atoms. The van der Waals surface area contributed by atoms with Gasteiger partial charge in [-0.1, -0.05) is 42.1 Å². The van der Waals surface area contributed by atoms with Crippen LogP contribution in [0.4, 0.5) is 5.82 Å². The van der Waals surface area contributed by atoms with Gasteiger partial charge in [0.15, 0.2) is 16.7 Å². The molecule has 0 fully saturated rings. The van der Waals surface area contributed by atoms with Crippen molar-refractivity contribution in [1.82, 2.24) is 9.97 Å². The molecule has 0 radical (unpaired) electrons. The zero-order valence-corrected chi connectivity index (χ0v) is 18.7. The molecular formula is C23H23N3O5S. The van der Waals surface area contributed by atoms with Gasteiger partial charge in [-0.05, 0) is 11.6 Å². The molecule has 0 bridgehead atoms. The topological polar surface area (TPSA) is 103 Å². The van der Waals surface area contributed by atoms with Crippen molar-refractivity contribution in [3.05, 3.63) is 69.5 Å². The van der Waals surface area contributed by atoms with E-state index in [1.165, 1.54) is 33.1 Å². The number of carbonyl (C=O) groups excluding carboxylic acids is 1. The van der Waals surface area contributed by atoms with E-state index in [9.17, 15) is 9.59 Å². The Morgan fingerprint density at radius 2 is 1.69 bits per heavy atom. The molecule has 0 aliphatic carbocycles. The van der Waals surface area contributed by atoms with Crippen LogP contribution in [0, 0.1) is 0 Å². The second kappa shape index (κ2) is 9.35. The van der Waals surface area contributed by atoms with Crippen molar-refractivity contribution in [1.29, 1.82) is 0 Å². The van der Waals surface area contributed by atoms with Crippen LogP contribution in [-0.4, -0.2) is 37.2 Å². The maximum atomic E-state index is 13.1. The minimum atomic E-state index is -0.544. The highest BCUT2D eigenvalue weighted by molar-refractivity contribution is 7.98. The van der Waals surface area contributed by atoms with Crippen molar-refractivity contribution >= 4 is 23.5 Å². The molecule has 8 nitrogen and oxygen atoms in total. The number of anilines is 1. The SMILES string of the molecule is COc1cc(OC)c([C@H]2CC(=O)Nc3nc(SCc4ccccc4)[nH]c(=O)c32)cc1OC. The lowest BCUT2D eigenvalue weighted by molar-refractivity contribution is -0.116. The standard InChI is InChI=1S/C23H23N3O5S/c1-29-16-11-18(31-3)17(30-2)9-14(16)15-10-19(27)24-21-20(15)22(28)26-23(25-21)32-12-13-7-5-4-6-8-13/h4-9,11,15H,10,12H2,1-3H3,(H2,24,25,26,27,28)/t15-/m1/s1. The van der Waals surface area contributed by atoms with Crippen molar-refractivity contribution in [2.75, 3.05) is 26.6 Å². The Bertz CT molecular complexity index is 1200. The van der Waals surface area contributed by atoms with E-state index in [4.69, 9.17) is 14.2 Å². The molecule has 1 atom stereocenters. The van der Waals surface area contributed by atoms with Crippen LogP contribution in [0.25, 0.3) is 0 Å². The van der Waals surface area contributed by atoms with Crippen molar-refractivity contribution in [2.24, 2.45) is 0 Å². The molecular weight excluding hydrogens is 430 g/mol. The van der Waals surface area contributed by atoms with Crippen molar-refractivity contribution in [3.8, 4) is 17.2 Å². The molecule has 9 heteroatoms. The number of rotatable bonds is 7. The van der Waals surface area contributed by atoms with Gasteiger partial charge in [-0.15, -0.1) is 0 Å². The van der Waals surface area contributed by atoms with E-state index in [0.717, 1.165) is 5.56 Å². The largest absolute Gasteiger partial charge is 0.496 e. The molecule has 1 aliphatic heterocycles. The fourth-order valence-corrected chi connectivity index (χ4v) is 4.55. The van der Waals surface area contributed by atoms with Crippen LogP contribution < -0.4 is 25.1 Å². The molecule has 3 aromatic rings. The molecule has 2 aromatic carbocycles. The number of nitrogens with one attached hydrogen (secondary N) is 2. The molecule has 0 unspecified atom stereocenters.